The minimum atomic E-state index is 0.388. The van der Waals surface area contributed by atoms with Crippen LogP contribution in [0.2, 0.25) is 0 Å². The highest BCUT2D eigenvalue weighted by Gasteiger charge is 2.19. The summed E-state index contributed by atoms with van der Waals surface area (Å²) in [6.07, 6.45) is 8.28. The van der Waals surface area contributed by atoms with Gasteiger partial charge in [0.15, 0.2) is 22.1 Å². The molecule has 8 heteroatoms. The third kappa shape index (κ3) is 4.02. The highest BCUT2D eigenvalue weighted by molar-refractivity contribution is 7.99. The number of hydrogen-bond donors (Lipinski definition) is 3. The molecular weight excluding hydrogens is 382 g/mol. The number of nitrogens with zero attached hydrogens (tertiary/aromatic N) is 4. The van der Waals surface area contributed by atoms with E-state index >= 15 is 0 Å². The van der Waals surface area contributed by atoms with Crippen molar-refractivity contribution in [1.82, 2.24) is 24.8 Å². The minimum Gasteiger partial charge on any atom is -0.384 e. The van der Waals surface area contributed by atoms with E-state index in [2.05, 4.69) is 57.1 Å². The number of fused-ring (bicyclic) bond motifs is 2. The summed E-state index contributed by atoms with van der Waals surface area (Å²) in [6, 6.07) is 4.22. The largest absolute Gasteiger partial charge is 0.384 e. The number of nitrogen functional groups attached to an aromatic ring is 1. The van der Waals surface area contributed by atoms with Crippen molar-refractivity contribution in [3.63, 3.8) is 0 Å². The summed E-state index contributed by atoms with van der Waals surface area (Å²) >= 11 is 1.55. The molecule has 0 unspecified atom stereocenters. The third-order valence-corrected chi connectivity index (χ3v) is 5.91. The Morgan fingerprint density at radius 2 is 2.24 bits per heavy atom. The van der Waals surface area contributed by atoms with Crippen molar-refractivity contribution in [3.05, 3.63) is 29.6 Å². The number of terminal acetylenes is 1. The van der Waals surface area contributed by atoms with Crippen LogP contribution in [0.15, 0.2) is 28.5 Å². The topological polar surface area (TPSA) is 93.7 Å². The first kappa shape index (κ1) is 19.6. The molecule has 4 rings (SSSR count). The van der Waals surface area contributed by atoms with Crippen molar-refractivity contribution in [3.8, 4) is 12.3 Å². The zero-order valence-corrected chi connectivity index (χ0v) is 17.5. The molecule has 0 saturated carbocycles. The van der Waals surface area contributed by atoms with Crippen molar-refractivity contribution in [2.45, 2.75) is 36.9 Å². The molecule has 0 radical (unpaired) electrons. The molecule has 150 valence electrons. The zero-order chi connectivity index (χ0) is 20.4. The molecule has 0 fully saturated rings. The van der Waals surface area contributed by atoms with E-state index in [1.54, 1.807) is 11.8 Å². The number of benzene rings is 1. The predicted octanol–water partition coefficient (Wildman–Crippen LogP) is 2.75. The van der Waals surface area contributed by atoms with Crippen molar-refractivity contribution in [1.29, 1.82) is 0 Å². The summed E-state index contributed by atoms with van der Waals surface area (Å²) in [7, 11) is 0. The van der Waals surface area contributed by atoms with Gasteiger partial charge in [-0.25, -0.2) is 15.0 Å². The fraction of sp³-hybridized carbons (Fsp3) is 0.381. The summed E-state index contributed by atoms with van der Waals surface area (Å²) < 4.78 is 2.09. The van der Waals surface area contributed by atoms with Crippen LogP contribution in [-0.4, -0.2) is 39.2 Å². The van der Waals surface area contributed by atoms with Gasteiger partial charge in [0.25, 0.3) is 0 Å². The van der Waals surface area contributed by atoms with Crippen molar-refractivity contribution in [2.24, 2.45) is 5.92 Å². The van der Waals surface area contributed by atoms with Crippen molar-refractivity contribution >= 4 is 34.4 Å². The quantitative estimate of drug-likeness (QED) is 0.409. The number of rotatable bonds is 7. The SMILES string of the molecule is C#Cc1cc2c(cc1Sc1nc3c(N)ncnc3n1CCNCC(C)C)NCC2. The van der Waals surface area contributed by atoms with Gasteiger partial charge < -0.3 is 20.9 Å². The molecule has 2 aromatic heterocycles. The molecule has 4 N–H and O–H groups in total. The Morgan fingerprint density at radius 3 is 3.03 bits per heavy atom. The molecule has 3 heterocycles. The van der Waals surface area contributed by atoms with Crippen LogP contribution in [0, 0.1) is 18.3 Å². The van der Waals surface area contributed by atoms with E-state index in [0.717, 1.165) is 59.5 Å². The smallest absolute Gasteiger partial charge is 0.175 e. The zero-order valence-electron chi connectivity index (χ0n) is 16.7. The number of anilines is 2. The van der Waals surface area contributed by atoms with Crippen LogP contribution in [0.4, 0.5) is 11.5 Å². The van der Waals surface area contributed by atoms with Gasteiger partial charge in [0.2, 0.25) is 0 Å². The van der Waals surface area contributed by atoms with E-state index < -0.39 is 0 Å². The predicted molar refractivity (Wildman–Crippen MR) is 118 cm³/mol. The second-order valence-corrected chi connectivity index (χ2v) is 8.51. The maximum atomic E-state index is 6.06. The lowest BCUT2D eigenvalue weighted by atomic mass is 10.1. The Labute approximate surface area is 174 Å². The number of imidazole rings is 1. The van der Waals surface area contributed by atoms with Gasteiger partial charge in [0, 0.05) is 35.8 Å². The maximum absolute atomic E-state index is 6.06. The van der Waals surface area contributed by atoms with Gasteiger partial charge in [-0.2, -0.15) is 0 Å². The lowest BCUT2D eigenvalue weighted by Gasteiger charge is -2.12. The first-order valence-corrected chi connectivity index (χ1v) is 10.6. The summed E-state index contributed by atoms with van der Waals surface area (Å²) in [5.41, 5.74) is 10.7. The molecule has 0 bridgehead atoms. The standard InChI is InChI=1S/C21H25N7S/c1-4-14-9-15-5-6-24-16(15)10-17(14)29-21-27-18-19(22)25-12-26-20(18)28(21)8-7-23-11-13(2)3/h1,9-10,12-13,23-24H,5-8,11H2,2-3H3,(H2,22,25,26). The number of aromatic nitrogens is 4. The van der Waals surface area contributed by atoms with E-state index in [1.807, 2.05) is 0 Å². The number of nitrogens with one attached hydrogen (secondary N) is 2. The second kappa shape index (κ2) is 8.31. The molecule has 0 saturated heterocycles. The number of hydrogen-bond acceptors (Lipinski definition) is 7. The molecule has 0 amide bonds. The molecule has 0 aliphatic carbocycles. The van der Waals surface area contributed by atoms with Crippen LogP contribution >= 0.6 is 11.8 Å². The molecule has 1 aliphatic heterocycles. The molecular formula is C21H25N7S. The van der Waals surface area contributed by atoms with E-state index in [4.69, 9.17) is 17.1 Å². The van der Waals surface area contributed by atoms with Gasteiger partial charge in [-0.1, -0.05) is 31.5 Å². The highest BCUT2D eigenvalue weighted by atomic mass is 32.2. The molecule has 29 heavy (non-hydrogen) atoms. The Balaban J connectivity index is 1.69. The fourth-order valence-corrected chi connectivity index (χ4v) is 4.44. The van der Waals surface area contributed by atoms with Crippen LogP contribution in [0.3, 0.4) is 0 Å². The molecule has 7 nitrogen and oxygen atoms in total. The van der Waals surface area contributed by atoms with Gasteiger partial charge in [0.1, 0.15) is 6.33 Å². The molecule has 3 aromatic rings. The first-order valence-electron chi connectivity index (χ1n) is 9.79. The van der Waals surface area contributed by atoms with E-state index in [9.17, 15) is 0 Å². The fourth-order valence-electron chi connectivity index (χ4n) is 3.42. The van der Waals surface area contributed by atoms with Crippen LogP contribution < -0.4 is 16.4 Å². The van der Waals surface area contributed by atoms with Crippen LogP contribution in [0.25, 0.3) is 11.2 Å². The Bertz CT molecular complexity index is 1080. The second-order valence-electron chi connectivity index (χ2n) is 7.50. The first-order chi connectivity index (χ1) is 14.1. The summed E-state index contributed by atoms with van der Waals surface area (Å²) in [6.45, 7) is 7.84. The average Bonchev–Trinajstić information content (AvgIpc) is 3.29. The number of nitrogens with two attached hydrogens (primary N) is 1. The molecule has 0 spiro atoms. The normalized spacial score (nSPS) is 12.9. The van der Waals surface area contributed by atoms with Crippen LogP contribution in [0.5, 0.6) is 0 Å². The maximum Gasteiger partial charge on any atom is 0.175 e. The monoisotopic (exact) mass is 407 g/mol. The lowest BCUT2D eigenvalue weighted by molar-refractivity contribution is 0.516. The third-order valence-electron chi connectivity index (χ3n) is 4.86. The van der Waals surface area contributed by atoms with E-state index in [1.165, 1.54) is 11.9 Å². The summed E-state index contributed by atoms with van der Waals surface area (Å²) in [5, 5.41) is 7.71. The van der Waals surface area contributed by atoms with Crippen LogP contribution in [-0.2, 0) is 13.0 Å². The molecule has 1 aliphatic rings. The minimum absolute atomic E-state index is 0.388. The van der Waals surface area contributed by atoms with Crippen molar-refractivity contribution < 1.29 is 0 Å². The van der Waals surface area contributed by atoms with Gasteiger partial charge in [0.05, 0.1) is 0 Å². The van der Waals surface area contributed by atoms with Gasteiger partial charge in [-0.05, 0) is 36.6 Å². The Morgan fingerprint density at radius 1 is 1.38 bits per heavy atom. The molecule has 0 atom stereocenters. The average molecular weight is 408 g/mol. The van der Waals surface area contributed by atoms with Crippen molar-refractivity contribution in [2.75, 3.05) is 30.7 Å². The molecule has 1 aromatic carbocycles. The van der Waals surface area contributed by atoms with Crippen LogP contribution in [0.1, 0.15) is 25.0 Å². The highest BCUT2D eigenvalue weighted by Crippen LogP contribution is 2.36. The van der Waals surface area contributed by atoms with E-state index in [-0.39, 0.29) is 0 Å². The Kier molecular flexibility index (Phi) is 5.60. The van der Waals surface area contributed by atoms with E-state index in [0.29, 0.717) is 17.3 Å². The van der Waals surface area contributed by atoms with Gasteiger partial charge in [-0.15, -0.1) is 6.42 Å². The summed E-state index contributed by atoms with van der Waals surface area (Å²) in [4.78, 5) is 14.3. The Hall–Kier alpha value is -2.76. The summed E-state index contributed by atoms with van der Waals surface area (Å²) in [5.74, 6) is 3.81. The van der Waals surface area contributed by atoms with Gasteiger partial charge in [-0.3, -0.25) is 0 Å². The van der Waals surface area contributed by atoms with Gasteiger partial charge >= 0.3 is 0 Å². The lowest BCUT2D eigenvalue weighted by Crippen LogP contribution is -2.24.